The number of benzene rings is 1. The maximum absolute atomic E-state index is 13.6. The Hall–Kier alpha value is -3.60. The van der Waals surface area contributed by atoms with Crippen molar-refractivity contribution in [3.8, 4) is 0 Å². The molecule has 2 rings (SSSR count). The molecule has 1 unspecified atom stereocenters. The van der Waals surface area contributed by atoms with Gasteiger partial charge in [0.2, 0.25) is 5.91 Å². The molecule has 0 aliphatic carbocycles. The fraction of sp³-hybridized carbons (Fsp3) is 0.520. The van der Waals surface area contributed by atoms with Crippen molar-refractivity contribution >= 4 is 29.2 Å². The monoisotopic (exact) mass is 502 g/mol. The summed E-state index contributed by atoms with van der Waals surface area (Å²) < 4.78 is 10.3. The molecule has 11 heteroatoms. The number of nitro benzene ring substituents is 1. The first kappa shape index (κ1) is 28.6. The van der Waals surface area contributed by atoms with E-state index in [9.17, 15) is 24.5 Å². The Morgan fingerprint density at radius 2 is 1.89 bits per heavy atom. The summed E-state index contributed by atoms with van der Waals surface area (Å²) in [6, 6.07) is 4.81. The summed E-state index contributed by atoms with van der Waals surface area (Å²) in [5.41, 5.74) is 1.08. The first-order valence-corrected chi connectivity index (χ1v) is 11.6. The summed E-state index contributed by atoms with van der Waals surface area (Å²) in [7, 11) is 4.92. The maximum atomic E-state index is 13.6. The number of rotatable bonds is 10. The van der Waals surface area contributed by atoms with Crippen LogP contribution in [0.1, 0.15) is 39.2 Å². The molecule has 36 heavy (non-hydrogen) atoms. The number of likely N-dealkylation sites (N-methyl/N-ethyl adjacent to an activating group) is 1. The quantitative estimate of drug-likeness (QED) is 0.292. The number of carbonyl (C=O) groups excluding carboxylic acids is 3. The average molecular weight is 503 g/mol. The normalized spacial score (nSPS) is 18.5. The molecule has 1 aromatic carbocycles. The second kappa shape index (κ2) is 12.4. The number of allylic oxidation sites excluding steroid dienone is 1. The molecule has 1 aromatic rings. The minimum absolute atomic E-state index is 0.128. The molecule has 0 bridgehead atoms. The van der Waals surface area contributed by atoms with Gasteiger partial charge in [-0.05, 0) is 39.4 Å². The zero-order valence-corrected chi connectivity index (χ0v) is 21.7. The van der Waals surface area contributed by atoms with Gasteiger partial charge in [0, 0.05) is 41.6 Å². The first-order chi connectivity index (χ1) is 16.9. The largest absolute Gasteiger partial charge is 0.468 e. The van der Waals surface area contributed by atoms with Crippen molar-refractivity contribution in [2.45, 2.75) is 39.7 Å². The van der Waals surface area contributed by atoms with Gasteiger partial charge in [-0.1, -0.05) is 26.0 Å². The number of nitrogens with zero attached hydrogens (tertiary/aromatic N) is 3. The summed E-state index contributed by atoms with van der Waals surface area (Å²) >= 11 is 0. The predicted molar refractivity (Wildman–Crippen MR) is 133 cm³/mol. The number of ether oxygens (including phenoxy) is 2. The van der Waals surface area contributed by atoms with Crippen LogP contribution in [0.5, 0.6) is 0 Å². The highest BCUT2D eigenvalue weighted by Crippen LogP contribution is 2.40. The van der Waals surface area contributed by atoms with E-state index in [1.165, 1.54) is 25.3 Å². The molecule has 11 nitrogen and oxygen atoms in total. The Bertz CT molecular complexity index is 1080. The lowest BCUT2D eigenvalue weighted by atomic mass is 9.75. The van der Waals surface area contributed by atoms with E-state index in [1.807, 2.05) is 19.0 Å². The topological polar surface area (TPSA) is 140 Å². The minimum atomic E-state index is -0.981. The van der Waals surface area contributed by atoms with E-state index in [0.717, 1.165) is 0 Å². The summed E-state index contributed by atoms with van der Waals surface area (Å²) in [6.07, 6.45) is 0. The number of nitro groups is 1. The number of hydrogen-bond acceptors (Lipinski definition) is 9. The van der Waals surface area contributed by atoms with Gasteiger partial charge < -0.3 is 19.7 Å². The fourth-order valence-corrected chi connectivity index (χ4v) is 4.09. The molecule has 0 saturated heterocycles. The molecule has 0 spiro atoms. The number of nitrogens with one attached hydrogen (secondary N) is 1. The van der Waals surface area contributed by atoms with Gasteiger partial charge in [-0.2, -0.15) is 0 Å². The molecule has 0 fully saturated rings. The van der Waals surface area contributed by atoms with Crippen molar-refractivity contribution in [3.05, 3.63) is 51.2 Å². The van der Waals surface area contributed by atoms with Gasteiger partial charge in [0.1, 0.15) is 18.6 Å². The Labute approximate surface area is 210 Å². The third-order valence-corrected chi connectivity index (χ3v) is 5.96. The van der Waals surface area contributed by atoms with Crippen LogP contribution in [0.15, 0.2) is 40.5 Å². The molecule has 1 amide bonds. The predicted octanol–water partition coefficient (Wildman–Crippen LogP) is 2.46. The van der Waals surface area contributed by atoms with E-state index in [1.54, 1.807) is 33.8 Å². The second-order valence-electron chi connectivity index (χ2n) is 9.25. The third-order valence-electron chi connectivity index (χ3n) is 5.96. The summed E-state index contributed by atoms with van der Waals surface area (Å²) in [5.74, 6) is -4.00. The van der Waals surface area contributed by atoms with Crippen LogP contribution < -0.4 is 5.32 Å². The number of hydrogen-bond donors (Lipinski definition) is 1. The van der Waals surface area contributed by atoms with E-state index < -0.39 is 40.6 Å². The number of non-ortho nitro benzene ring substituents is 1. The van der Waals surface area contributed by atoms with Crippen LogP contribution in [-0.2, 0) is 23.9 Å². The number of methoxy groups -OCH3 is 1. The molecule has 1 aliphatic rings. The summed E-state index contributed by atoms with van der Waals surface area (Å²) in [4.78, 5) is 56.3. The number of amides is 1. The van der Waals surface area contributed by atoms with Crippen molar-refractivity contribution in [1.29, 1.82) is 0 Å². The lowest BCUT2D eigenvalue weighted by Gasteiger charge is -2.32. The van der Waals surface area contributed by atoms with Crippen molar-refractivity contribution in [1.82, 2.24) is 10.2 Å². The van der Waals surface area contributed by atoms with Crippen LogP contribution in [-0.4, -0.2) is 73.8 Å². The maximum Gasteiger partial charge on any atom is 0.328 e. The molecule has 0 radical (unpaired) electrons. The molecular formula is C25H34N4O7. The zero-order chi connectivity index (χ0) is 27.2. The summed E-state index contributed by atoms with van der Waals surface area (Å²) in [6.45, 7) is 7.50. The van der Waals surface area contributed by atoms with Gasteiger partial charge in [0.15, 0.2) is 0 Å². The molecule has 1 aliphatic heterocycles. The van der Waals surface area contributed by atoms with Gasteiger partial charge in [0.25, 0.3) is 5.69 Å². The Morgan fingerprint density at radius 1 is 1.22 bits per heavy atom. The smallest absolute Gasteiger partial charge is 0.328 e. The van der Waals surface area contributed by atoms with E-state index in [2.05, 4.69) is 10.3 Å². The highest BCUT2D eigenvalue weighted by atomic mass is 16.6. The van der Waals surface area contributed by atoms with E-state index >= 15 is 0 Å². The zero-order valence-electron chi connectivity index (χ0n) is 21.7. The molecule has 0 saturated carbocycles. The van der Waals surface area contributed by atoms with Crippen LogP contribution in [0.2, 0.25) is 0 Å². The van der Waals surface area contributed by atoms with Gasteiger partial charge in [-0.15, -0.1) is 0 Å². The highest BCUT2D eigenvalue weighted by Gasteiger charge is 2.43. The van der Waals surface area contributed by atoms with Crippen molar-refractivity contribution in [3.63, 3.8) is 0 Å². The Kier molecular flexibility index (Phi) is 9.85. The number of carbonyl (C=O) groups is 3. The highest BCUT2D eigenvalue weighted by molar-refractivity contribution is 6.08. The molecule has 0 aromatic heterocycles. The average Bonchev–Trinajstić information content (AvgIpc) is 2.80. The van der Waals surface area contributed by atoms with E-state index in [0.29, 0.717) is 23.5 Å². The van der Waals surface area contributed by atoms with Crippen molar-refractivity contribution < 1.29 is 28.8 Å². The number of aliphatic imine (C=N–C) groups is 1. The van der Waals surface area contributed by atoms with Crippen molar-refractivity contribution in [2.24, 2.45) is 16.8 Å². The van der Waals surface area contributed by atoms with Crippen LogP contribution >= 0.6 is 0 Å². The molecule has 1 N–H and O–H groups in total. The molecule has 1 heterocycles. The fourth-order valence-electron chi connectivity index (χ4n) is 4.09. The van der Waals surface area contributed by atoms with Gasteiger partial charge >= 0.3 is 11.9 Å². The second-order valence-corrected chi connectivity index (χ2v) is 9.25. The summed E-state index contributed by atoms with van der Waals surface area (Å²) in [5, 5.41) is 14.2. The van der Waals surface area contributed by atoms with Gasteiger partial charge in [-0.25, -0.2) is 4.79 Å². The van der Waals surface area contributed by atoms with Crippen LogP contribution in [0.3, 0.4) is 0 Å². The molecule has 3 atom stereocenters. The lowest BCUT2D eigenvalue weighted by Crippen LogP contribution is -2.48. The van der Waals surface area contributed by atoms with E-state index in [-0.39, 0.29) is 23.8 Å². The lowest BCUT2D eigenvalue weighted by molar-refractivity contribution is -0.384. The SMILES string of the molecule is COC(=O)C1C(C)=NC(C)=C(C(=O)N[C@H](C(=O)OCCN(C)C)C(C)C)[C@@H]1c1cccc([N+](=O)[O-])c1. The molecule has 196 valence electrons. The van der Waals surface area contributed by atoms with Crippen LogP contribution in [0.4, 0.5) is 5.69 Å². The Balaban J connectivity index is 2.51. The van der Waals surface area contributed by atoms with E-state index in [4.69, 9.17) is 9.47 Å². The minimum Gasteiger partial charge on any atom is -0.468 e. The standard InChI is InChI=1S/C25H34N4O7/c1-14(2)22(25(32)36-12-11-28(5)6)27-23(30)19-15(3)26-16(4)20(24(31)35-7)21(19)17-9-8-10-18(13-17)29(33)34/h8-10,13-14,20-22H,11-12H2,1-7H3,(H,27,30)/t20?,21-,22-/m0/s1. The first-order valence-electron chi connectivity index (χ1n) is 11.6. The third kappa shape index (κ3) is 6.75. The van der Waals surface area contributed by atoms with Gasteiger partial charge in [0.05, 0.1) is 12.0 Å². The van der Waals surface area contributed by atoms with Crippen molar-refractivity contribution in [2.75, 3.05) is 34.4 Å². The Morgan fingerprint density at radius 3 is 2.44 bits per heavy atom. The van der Waals surface area contributed by atoms with Crippen LogP contribution in [0.25, 0.3) is 0 Å². The van der Waals surface area contributed by atoms with Crippen LogP contribution in [0, 0.1) is 22.0 Å². The van der Waals surface area contributed by atoms with Gasteiger partial charge in [-0.3, -0.25) is 24.7 Å². The molecular weight excluding hydrogens is 468 g/mol. The number of esters is 2.